The normalized spacial score (nSPS) is 14.1. The summed E-state index contributed by atoms with van der Waals surface area (Å²) in [7, 11) is 0. The number of hydrogen-bond acceptors (Lipinski definition) is 5. The minimum Gasteiger partial charge on any atom is -0.347 e. The molecule has 3 heterocycles. The van der Waals surface area contributed by atoms with Crippen molar-refractivity contribution < 1.29 is 4.79 Å². The molecule has 0 bridgehead atoms. The van der Waals surface area contributed by atoms with Crippen LogP contribution in [0.15, 0.2) is 53.5 Å². The summed E-state index contributed by atoms with van der Waals surface area (Å²) < 4.78 is 1.40. The van der Waals surface area contributed by atoms with E-state index in [9.17, 15) is 9.59 Å². The number of carbonyl (C=O) groups is 1. The molecule has 0 aliphatic heterocycles. The summed E-state index contributed by atoms with van der Waals surface area (Å²) >= 11 is 0. The average Bonchev–Trinajstić information content (AvgIpc) is 3.15. The molecule has 4 aromatic rings. The zero-order valence-electron chi connectivity index (χ0n) is 17.1. The van der Waals surface area contributed by atoms with Crippen LogP contribution in [-0.2, 0) is 13.1 Å². The van der Waals surface area contributed by atoms with Gasteiger partial charge in [-0.15, -0.1) is 0 Å². The van der Waals surface area contributed by atoms with Gasteiger partial charge in [0.15, 0.2) is 0 Å². The van der Waals surface area contributed by atoms with Gasteiger partial charge in [-0.25, -0.2) is 9.97 Å². The van der Waals surface area contributed by atoms with E-state index in [0.717, 1.165) is 41.4 Å². The van der Waals surface area contributed by atoms with E-state index < -0.39 is 0 Å². The van der Waals surface area contributed by atoms with E-state index in [1.54, 1.807) is 24.4 Å². The molecule has 8 heteroatoms. The summed E-state index contributed by atoms with van der Waals surface area (Å²) in [5.74, 6) is 1.35. The van der Waals surface area contributed by atoms with E-state index in [1.807, 2.05) is 18.2 Å². The Bertz CT molecular complexity index is 1300. The monoisotopic (exact) mass is 416 g/mol. The van der Waals surface area contributed by atoms with E-state index in [4.69, 9.17) is 0 Å². The van der Waals surface area contributed by atoms with Crippen LogP contribution in [0.25, 0.3) is 16.7 Å². The summed E-state index contributed by atoms with van der Waals surface area (Å²) in [5.41, 5.74) is 3.05. The fourth-order valence-corrected chi connectivity index (χ4v) is 3.84. The van der Waals surface area contributed by atoms with Gasteiger partial charge in [0, 0.05) is 18.8 Å². The number of pyridine rings is 1. The van der Waals surface area contributed by atoms with Gasteiger partial charge in [-0.3, -0.25) is 14.0 Å². The second kappa shape index (κ2) is 8.31. The van der Waals surface area contributed by atoms with Crippen LogP contribution in [0.3, 0.4) is 0 Å². The standard InChI is InChI=1S/C23H24N6O2/c30-22-11-19(28-21-6-1-2-9-29(21)22)23(31)25-13-16-7-8-17-18(10-16)27-20(26-17)14-24-12-15-4-3-5-15/h1-2,6-11,15,24H,3-5,12-14H2,(H,25,31)(H,26,27). The molecule has 1 aromatic carbocycles. The summed E-state index contributed by atoms with van der Waals surface area (Å²) in [4.78, 5) is 37.0. The highest BCUT2D eigenvalue weighted by Crippen LogP contribution is 2.25. The SMILES string of the molecule is O=C(NCc1ccc2nc(CNCC3CCC3)[nH]c2c1)c1cc(=O)n2ccccc2n1. The number of imidazole rings is 1. The smallest absolute Gasteiger partial charge is 0.270 e. The lowest BCUT2D eigenvalue weighted by Crippen LogP contribution is -2.27. The van der Waals surface area contributed by atoms with Gasteiger partial charge in [-0.2, -0.15) is 0 Å². The summed E-state index contributed by atoms with van der Waals surface area (Å²) in [5, 5.41) is 6.31. The molecule has 1 aliphatic carbocycles. The number of nitrogens with zero attached hydrogens (tertiary/aromatic N) is 3. The molecule has 1 aliphatic rings. The molecule has 1 fully saturated rings. The predicted octanol–water partition coefficient (Wildman–Crippen LogP) is 2.39. The molecule has 158 valence electrons. The van der Waals surface area contributed by atoms with Crippen LogP contribution in [0.2, 0.25) is 0 Å². The topological polar surface area (TPSA) is 104 Å². The van der Waals surface area contributed by atoms with Crippen molar-refractivity contribution >= 4 is 22.6 Å². The molecule has 3 N–H and O–H groups in total. The van der Waals surface area contributed by atoms with Crippen LogP contribution in [-0.4, -0.2) is 31.8 Å². The summed E-state index contributed by atoms with van der Waals surface area (Å²) in [6.45, 7) is 2.10. The van der Waals surface area contributed by atoms with Crippen molar-refractivity contribution in [2.24, 2.45) is 5.92 Å². The quantitative estimate of drug-likeness (QED) is 0.429. The van der Waals surface area contributed by atoms with Gasteiger partial charge in [-0.05, 0) is 55.1 Å². The van der Waals surface area contributed by atoms with E-state index in [0.29, 0.717) is 12.2 Å². The van der Waals surface area contributed by atoms with Crippen molar-refractivity contribution in [1.29, 1.82) is 0 Å². The third-order valence-corrected chi connectivity index (χ3v) is 5.80. The zero-order valence-corrected chi connectivity index (χ0v) is 17.1. The molecule has 1 saturated carbocycles. The lowest BCUT2D eigenvalue weighted by Gasteiger charge is -2.25. The van der Waals surface area contributed by atoms with E-state index in [-0.39, 0.29) is 17.2 Å². The highest BCUT2D eigenvalue weighted by Gasteiger charge is 2.16. The average molecular weight is 416 g/mol. The van der Waals surface area contributed by atoms with Crippen LogP contribution in [0, 0.1) is 5.92 Å². The number of rotatable bonds is 7. The van der Waals surface area contributed by atoms with Gasteiger partial charge in [0.2, 0.25) is 0 Å². The maximum atomic E-state index is 12.5. The van der Waals surface area contributed by atoms with Gasteiger partial charge in [-0.1, -0.05) is 18.6 Å². The minimum atomic E-state index is -0.381. The number of nitrogens with one attached hydrogen (secondary N) is 3. The first-order valence-corrected chi connectivity index (χ1v) is 10.6. The van der Waals surface area contributed by atoms with Crippen molar-refractivity contribution in [2.75, 3.05) is 6.54 Å². The lowest BCUT2D eigenvalue weighted by molar-refractivity contribution is 0.0946. The highest BCUT2D eigenvalue weighted by molar-refractivity contribution is 5.92. The first kappa shape index (κ1) is 19.4. The minimum absolute atomic E-state index is 0.110. The number of amides is 1. The first-order chi connectivity index (χ1) is 15.2. The Labute approximate surface area is 178 Å². The molecule has 8 nitrogen and oxygen atoms in total. The van der Waals surface area contributed by atoms with Crippen molar-refractivity contribution in [3.63, 3.8) is 0 Å². The Balaban J connectivity index is 1.23. The van der Waals surface area contributed by atoms with E-state index in [2.05, 4.69) is 25.6 Å². The molecule has 0 spiro atoms. The molecule has 3 aromatic heterocycles. The third-order valence-electron chi connectivity index (χ3n) is 5.80. The third kappa shape index (κ3) is 4.20. The Morgan fingerprint density at radius 1 is 1.13 bits per heavy atom. The van der Waals surface area contributed by atoms with Crippen molar-refractivity contribution in [3.8, 4) is 0 Å². The highest BCUT2D eigenvalue weighted by atomic mass is 16.2. The van der Waals surface area contributed by atoms with Crippen LogP contribution in [0.5, 0.6) is 0 Å². The van der Waals surface area contributed by atoms with Crippen molar-refractivity contribution in [3.05, 3.63) is 76.1 Å². The number of fused-ring (bicyclic) bond motifs is 2. The Morgan fingerprint density at radius 2 is 2.03 bits per heavy atom. The Hall–Kier alpha value is -3.52. The van der Waals surface area contributed by atoms with Crippen molar-refractivity contribution in [2.45, 2.75) is 32.4 Å². The maximum Gasteiger partial charge on any atom is 0.270 e. The van der Waals surface area contributed by atoms with E-state index in [1.165, 1.54) is 29.7 Å². The molecule has 0 unspecified atom stereocenters. The summed E-state index contributed by atoms with van der Waals surface area (Å²) in [6.07, 6.45) is 5.63. The number of benzene rings is 1. The molecular formula is C23H24N6O2. The molecular weight excluding hydrogens is 392 g/mol. The predicted molar refractivity (Wildman–Crippen MR) is 118 cm³/mol. The Morgan fingerprint density at radius 3 is 2.87 bits per heavy atom. The lowest BCUT2D eigenvalue weighted by atomic mass is 9.85. The second-order valence-electron chi connectivity index (χ2n) is 8.05. The number of H-pyrrole nitrogens is 1. The van der Waals surface area contributed by atoms with Crippen LogP contribution in [0.4, 0.5) is 0 Å². The van der Waals surface area contributed by atoms with Crippen LogP contribution in [0.1, 0.15) is 41.1 Å². The van der Waals surface area contributed by atoms with Gasteiger partial charge in [0.1, 0.15) is 17.2 Å². The van der Waals surface area contributed by atoms with Crippen LogP contribution >= 0.6 is 0 Å². The van der Waals surface area contributed by atoms with Crippen LogP contribution < -0.4 is 16.2 Å². The Kier molecular flexibility index (Phi) is 5.21. The molecule has 5 rings (SSSR count). The van der Waals surface area contributed by atoms with Gasteiger partial charge in [0.25, 0.3) is 11.5 Å². The molecule has 1 amide bonds. The van der Waals surface area contributed by atoms with Gasteiger partial charge < -0.3 is 15.6 Å². The zero-order chi connectivity index (χ0) is 21.2. The molecule has 31 heavy (non-hydrogen) atoms. The number of aromatic amines is 1. The molecule has 0 radical (unpaired) electrons. The molecule has 0 atom stereocenters. The van der Waals surface area contributed by atoms with Gasteiger partial charge in [0.05, 0.1) is 17.6 Å². The largest absolute Gasteiger partial charge is 0.347 e. The first-order valence-electron chi connectivity index (χ1n) is 10.6. The second-order valence-corrected chi connectivity index (χ2v) is 8.05. The fraction of sp³-hybridized carbons (Fsp3) is 0.304. The van der Waals surface area contributed by atoms with Crippen molar-refractivity contribution in [1.82, 2.24) is 30.0 Å². The summed E-state index contributed by atoms with van der Waals surface area (Å²) in [6, 6.07) is 12.4. The van der Waals surface area contributed by atoms with Gasteiger partial charge >= 0.3 is 0 Å². The molecule has 0 saturated heterocycles. The number of carbonyl (C=O) groups excluding carboxylic acids is 1. The number of aromatic nitrogens is 4. The maximum absolute atomic E-state index is 12.5. The fourth-order valence-electron chi connectivity index (χ4n) is 3.84. The van der Waals surface area contributed by atoms with E-state index >= 15 is 0 Å². The number of hydrogen-bond donors (Lipinski definition) is 3.